The smallest absolute Gasteiger partial charge is 0.203 e. The number of phenols is 1. The van der Waals surface area contributed by atoms with Crippen LogP contribution in [0.2, 0.25) is 0 Å². The lowest BCUT2D eigenvalue weighted by Gasteiger charge is -2.19. The molecule has 0 unspecified atom stereocenters. The highest BCUT2D eigenvalue weighted by Crippen LogP contribution is 2.48. The van der Waals surface area contributed by atoms with Gasteiger partial charge in [-0.2, -0.15) is 0 Å². The van der Waals surface area contributed by atoms with Gasteiger partial charge >= 0.3 is 0 Å². The Balaban J connectivity index is 2.28. The van der Waals surface area contributed by atoms with Crippen LogP contribution >= 0.6 is 0 Å². The predicted molar refractivity (Wildman–Crippen MR) is 104 cm³/mol. The highest BCUT2D eigenvalue weighted by Gasteiger charge is 2.24. The summed E-state index contributed by atoms with van der Waals surface area (Å²) < 4.78 is 16.5. The van der Waals surface area contributed by atoms with Crippen LogP contribution in [-0.4, -0.2) is 38.0 Å². The number of benzene rings is 2. The van der Waals surface area contributed by atoms with E-state index in [0.29, 0.717) is 53.0 Å². The fraction of sp³-hybridized carbons (Fsp3) is 0.364. The molecule has 2 aromatic carbocycles. The molecule has 0 radical (unpaired) electrons. The van der Waals surface area contributed by atoms with Crippen LogP contribution in [0.15, 0.2) is 24.3 Å². The van der Waals surface area contributed by atoms with Gasteiger partial charge in [-0.05, 0) is 48.6 Å². The Morgan fingerprint density at radius 1 is 0.821 bits per heavy atom. The van der Waals surface area contributed by atoms with E-state index in [1.807, 2.05) is 12.1 Å². The van der Waals surface area contributed by atoms with Gasteiger partial charge in [0.1, 0.15) is 5.75 Å². The van der Waals surface area contributed by atoms with E-state index in [1.165, 1.54) is 14.2 Å². The summed E-state index contributed by atoms with van der Waals surface area (Å²) in [4.78, 5) is 24.4. The maximum atomic E-state index is 12.3. The monoisotopic (exact) mass is 384 g/mol. The van der Waals surface area contributed by atoms with E-state index in [2.05, 4.69) is 0 Å². The lowest BCUT2D eigenvalue weighted by molar-refractivity contribution is -0.136. The molecule has 1 aliphatic rings. The van der Waals surface area contributed by atoms with Gasteiger partial charge in [-0.3, -0.25) is 9.59 Å². The minimum atomic E-state index is -0.394. The number of hydrogen-bond donors (Lipinski definition) is 1. The van der Waals surface area contributed by atoms with Gasteiger partial charge in [-0.25, -0.2) is 0 Å². The molecule has 2 aromatic rings. The van der Waals surface area contributed by atoms with Crippen LogP contribution in [0.3, 0.4) is 0 Å². The molecule has 28 heavy (non-hydrogen) atoms. The zero-order valence-electron chi connectivity index (χ0n) is 16.3. The first kappa shape index (κ1) is 19.7. The van der Waals surface area contributed by atoms with Crippen molar-refractivity contribution in [2.75, 3.05) is 21.3 Å². The minimum Gasteiger partial charge on any atom is -0.504 e. The van der Waals surface area contributed by atoms with E-state index in [4.69, 9.17) is 14.2 Å². The molecular weight excluding hydrogens is 360 g/mol. The molecule has 3 rings (SSSR count). The molecule has 0 saturated carbocycles. The fourth-order valence-corrected chi connectivity index (χ4v) is 3.57. The Labute approximate surface area is 164 Å². The SMILES string of the molecule is COc1ccc2cc1-c1cc(c(O)c(OC)c1OC)CCCCC(=O)C(=O)C2. The van der Waals surface area contributed by atoms with E-state index >= 15 is 0 Å². The zero-order chi connectivity index (χ0) is 20.3. The van der Waals surface area contributed by atoms with E-state index < -0.39 is 5.78 Å². The summed E-state index contributed by atoms with van der Waals surface area (Å²) in [7, 11) is 4.55. The largest absolute Gasteiger partial charge is 0.504 e. The number of fused-ring (bicyclic) bond motifs is 5. The third-order valence-electron chi connectivity index (χ3n) is 5.03. The number of methoxy groups -OCH3 is 3. The molecular formula is C22H24O6. The number of Topliss-reactive ketones (excluding diaryl/α,β-unsaturated/α-hetero) is 2. The number of phenolic OH excluding ortho intramolecular Hbond substituents is 1. The van der Waals surface area contributed by atoms with Gasteiger partial charge in [0.05, 0.1) is 21.3 Å². The van der Waals surface area contributed by atoms with Crippen LogP contribution in [0.5, 0.6) is 23.0 Å². The Hall–Kier alpha value is -3.02. The van der Waals surface area contributed by atoms with Gasteiger partial charge in [0, 0.05) is 24.0 Å². The molecule has 4 bridgehead atoms. The highest BCUT2D eigenvalue weighted by atomic mass is 16.5. The van der Waals surface area contributed by atoms with Gasteiger partial charge in [0.15, 0.2) is 17.3 Å². The first-order valence-electron chi connectivity index (χ1n) is 9.20. The number of aryl methyl sites for hydroxylation is 1. The summed E-state index contributed by atoms with van der Waals surface area (Å²) in [5.74, 6) is 0.503. The zero-order valence-corrected chi connectivity index (χ0v) is 16.3. The number of rotatable bonds is 3. The Kier molecular flexibility index (Phi) is 5.87. The maximum Gasteiger partial charge on any atom is 0.203 e. The number of ketones is 2. The van der Waals surface area contributed by atoms with Crippen molar-refractivity contribution in [3.63, 3.8) is 0 Å². The van der Waals surface area contributed by atoms with Crippen LogP contribution < -0.4 is 14.2 Å². The molecule has 0 heterocycles. The van der Waals surface area contributed by atoms with Crippen LogP contribution in [0, 0.1) is 0 Å². The van der Waals surface area contributed by atoms with Crippen LogP contribution in [0.25, 0.3) is 11.1 Å². The predicted octanol–water partition coefficient (Wildman–Crippen LogP) is 3.49. The first-order chi connectivity index (χ1) is 13.5. The summed E-state index contributed by atoms with van der Waals surface area (Å²) in [5, 5.41) is 10.7. The van der Waals surface area contributed by atoms with Crippen molar-refractivity contribution >= 4 is 11.6 Å². The normalized spacial score (nSPS) is 14.5. The summed E-state index contributed by atoms with van der Waals surface area (Å²) in [6.07, 6.45) is 2.04. The second kappa shape index (κ2) is 8.33. The van der Waals surface area contributed by atoms with Gasteiger partial charge in [0.25, 0.3) is 0 Å². The Bertz CT molecular complexity index is 916. The van der Waals surface area contributed by atoms with Crippen molar-refractivity contribution in [3.05, 3.63) is 35.4 Å². The van der Waals surface area contributed by atoms with Crippen LogP contribution in [-0.2, 0) is 22.4 Å². The molecule has 6 heteroatoms. The molecule has 6 nitrogen and oxygen atoms in total. The average molecular weight is 384 g/mol. The molecule has 0 aliphatic heterocycles. The van der Waals surface area contributed by atoms with Crippen molar-refractivity contribution in [3.8, 4) is 34.1 Å². The molecule has 0 atom stereocenters. The summed E-state index contributed by atoms with van der Waals surface area (Å²) in [6.45, 7) is 0. The molecule has 1 aliphatic carbocycles. The number of carbonyl (C=O) groups is 2. The van der Waals surface area contributed by atoms with Crippen molar-refractivity contribution < 1.29 is 28.9 Å². The van der Waals surface area contributed by atoms with E-state index in [0.717, 1.165) is 0 Å². The summed E-state index contributed by atoms with van der Waals surface area (Å²) in [6, 6.07) is 7.22. The van der Waals surface area contributed by atoms with Crippen LogP contribution in [0.1, 0.15) is 30.4 Å². The van der Waals surface area contributed by atoms with E-state index in [9.17, 15) is 14.7 Å². The Morgan fingerprint density at radius 2 is 1.54 bits per heavy atom. The third kappa shape index (κ3) is 3.67. The van der Waals surface area contributed by atoms with E-state index in [-0.39, 0.29) is 30.1 Å². The van der Waals surface area contributed by atoms with Gasteiger partial charge < -0.3 is 19.3 Å². The molecule has 0 fully saturated rings. The lowest BCUT2D eigenvalue weighted by atomic mass is 9.95. The van der Waals surface area contributed by atoms with Crippen molar-refractivity contribution in [2.45, 2.75) is 32.1 Å². The number of hydrogen-bond acceptors (Lipinski definition) is 6. The average Bonchev–Trinajstić information content (AvgIpc) is 2.71. The van der Waals surface area contributed by atoms with Gasteiger partial charge in [-0.1, -0.05) is 6.07 Å². The fourth-order valence-electron chi connectivity index (χ4n) is 3.57. The van der Waals surface area contributed by atoms with Crippen molar-refractivity contribution in [1.82, 2.24) is 0 Å². The van der Waals surface area contributed by atoms with Crippen LogP contribution in [0.4, 0.5) is 0 Å². The second-order valence-corrected chi connectivity index (χ2v) is 6.76. The van der Waals surface area contributed by atoms with Gasteiger partial charge in [-0.15, -0.1) is 0 Å². The van der Waals surface area contributed by atoms with Crippen molar-refractivity contribution in [2.24, 2.45) is 0 Å². The molecule has 1 N–H and O–H groups in total. The number of aromatic hydroxyl groups is 1. The highest BCUT2D eigenvalue weighted by molar-refractivity contribution is 6.37. The molecule has 0 amide bonds. The minimum absolute atomic E-state index is 0.0236. The van der Waals surface area contributed by atoms with Crippen molar-refractivity contribution in [1.29, 1.82) is 0 Å². The molecule has 0 aromatic heterocycles. The molecule has 0 saturated heterocycles. The first-order valence-corrected chi connectivity index (χ1v) is 9.20. The van der Waals surface area contributed by atoms with Gasteiger partial charge in [0.2, 0.25) is 11.5 Å². The second-order valence-electron chi connectivity index (χ2n) is 6.76. The number of carbonyl (C=O) groups excluding carboxylic acids is 2. The standard InChI is InChI=1S/C22H24O6/c1-26-19-9-8-13-10-15(19)16-12-14(20(25)22(28-3)21(16)27-2)6-4-5-7-17(23)18(24)11-13/h8-10,12,25H,4-7,11H2,1-3H3. The maximum absolute atomic E-state index is 12.3. The lowest BCUT2D eigenvalue weighted by Crippen LogP contribution is -2.16. The quantitative estimate of drug-likeness (QED) is 0.816. The third-order valence-corrected chi connectivity index (χ3v) is 5.03. The number of ether oxygens (including phenoxy) is 3. The Morgan fingerprint density at radius 3 is 2.21 bits per heavy atom. The molecule has 0 spiro atoms. The summed E-state index contributed by atoms with van der Waals surface area (Å²) >= 11 is 0. The topological polar surface area (TPSA) is 82.1 Å². The van der Waals surface area contributed by atoms with E-state index in [1.54, 1.807) is 19.2 Å². The summed E-state index contributed by atoms with van der Waals surface area (Å²) in [5.41, 5.74) is 2.81. The molecule has 148 valence electrons.